The number of hydrogen-bond donors (Lipinski definition) is 0. The van der Waals surface area contributed by atoms with E-state index < -0.39 is 0 Å². The molecule has 1 aromatic heterocycles. The molecule has 1 aromatic rings. The minimum Gasteiger partial charge on any atom is -0.252 e. The Labute approximate surface area is 87.8 Å². The number of aromatic nitrogens is 1. The van der Waals surface area contributed by atoms with Gasteiger partial charge in [-0.1, -0.05) is 18.5 Å². The van der Waals surface area contributed by atoms with E-state index in [1.807, 2.05) is 13.0 Å². The molecule has 0 aromatic carbocycles. The van der Waals surface area contributed by atoms with Crippen LogP contribution in [-0.2, 0) is 6.42 Å². The van der Waals surface area contributed by atoms with Crippen LogP contribution in [0.25, 0.3) is 4.85 Å². The van der Waals surface area contributed by atoms with Crippen LogP contribution in [0.2, 0.25) is 5.15 Å². The van der Waals surface area contributed by atoms with Gasteiger partial charge in [0.15, 0.2) is 0 Å². The maximum atomic E-state index is 8.86. The molecule has 0 N–H and O–H groups in total. The SMILES string of the molecule is [C-]#[N+]c1c(C)nc(Cl)c(C#N)c1CC. The molecule has 0 aliphatic carbocycles. The molecule has 0 amide bonds. The first-order valence-electron chi connectivity index (χ1n) is 4.12. The highest BCUT2D eigenvalue weighted by Gasteiger charge is 2.14. The molecule has 4 heteroatoms. The molecule has 0 atom stereocenters. The van der Waals surface area contributed by atoms with Crippen molar-refractivity contribution in [2.75, 3.05) is 0 Å². The molecule has 0 saturated carbocycles. The van der Waals surface area contributed by atoms with Crippen molar-refractivity contribution in [3.8, 4) is 6.07 Å². The Balaban J connectivity index is 3.64. The van der Waals surface area contributed by atoms with Gasteiger partial charge in [-0.15, -0.1) is 0 Å². The largest absolute Gasteiger partial charge is 0.252 e. The molecule has 0 aliphatic heterocycles. The smallest absolute Gasteiger partial charge is 0.212 e. The molecule has 1 rings (SSSR count). The third-order valence-corrected chi connectivity index (χ3v) is 2.25. The summed E-state index contributed by atoms with van der Waals surface area (Å²) >= 11 is 5.81. The van der Waals surface area contributed by atoms with E-state index in [4.69, 9.17) is 23.4 Å². The van der Waals surface area contributed by atoms with Crippen molar-refractivity contribution < 1.29 is 0 Å². The van der Waals surface area contributed by atoms with Gasteiger partial charge in [0.25, 0.3) is 0 Å². The molecule has 0 fully saturated rings. The van der Waals surface area contributed by atoms with E-state index >= 15 is 0 Å². The summed E-state index contributed by atoms with van der Waals surface area (Å²) in [5.74, 6) is 0. The van der Waals surface area contributed by atoms with Crippen molar-refractivity contribution >= 4 is 17.3 Å². The predicted octanol–water partition coefficient (Wildman–Crippen LogP) is 3.03. The minimum atomic E-state index is 0.189. The Morgan fingerprint density at radius 2 is 2.29 bits per heavy atom. The number of rotatable bonds is 1. The number of nitriles is 1. The third kappa shape index (κ3) is 1.55. The normalized spacial score (nSPS) is 9.21. The van der Waals surface area contributed by atoms with E-state index in [2.05, 4.69) is 9.83 Å². The molecule has 0 radical (unpaired) electrons. The highest BCUT2D eigenvalue weighted by atomic mass is 35.5. The van der Waals surface area contributed by atoms with Crippen LogP contribution in [0.4, 0.5) is 5.69 Å². The number of aryl methyl sites for hydroxylation is 1. The zero-order valence-electron chi connectivity index (χ0n) is 7.93. The summed E-state index contributed by atoms with van der Waals surface area (Å²) in [6.07, 6.45) is 0.615. The van der Waals surface area contributed by atoms with Gasteiger partial charge in [0.2, 0.25) is 5.69 Å². The molecule has 14 heavy (non-hydrogen) atoms. The van der Waals surface area contributed by atoms with Crippen LogP contribution in [0.1, 0.15) is 23.7 Å². The summed E-state index contributed by atoms with van der Waals surface area (Å²) in [5.41, 5.74) is 2.06. The number of halogens is 1. The second-order valence-electron chi connectivity index (χ2n) is 2.77. The van der Waals surface area contributed by atoms with Crippen LogP contribution in [0, 0.1) is 24.8 Å². The topological polar surface area (TPSA) is 41.0 Å². The lowest BCUT2D eigenvalue weighted by Crippen LogP contribution is -1.95. The van der Waals surface area contributed by atoms with Crippen molar-refractivity contribution in [3.63, 3.8) is 0 Å². The van der Waals surface area contributed by atoms with Crippen molar-refractivity contribution in [2.24, 2.45) is 0 Å². The summed E-state index contributed by atoms with van der Waals surface area (Å²) in [6, 6.07) is 1.98. The predicted molar refractivity (Wildman–Crippen MR) is 54.3 cm³/mol. The van der Waals surface area contributed by atoms with E-state index in [0.29, 0.717) is 28.9 Å². The molecule has 0 spiro atoms. The average Bonchev–Trinajstić information content (AvgIpc) is 2.16. The van der Waals surface area contributed by atoms with Gasteiger partial charge in [-0.25, -0.2) is 4.85 Å². The fourth-order valence-corrected chi connectivity index (χ4v) is 1.61. The molecule has 1 heterocycles. The first kappa shape index (κ1) is 10.5. The zero-order chi connectivity index (χ0) is 10.7. The number of nitrogens with zero attached hydrogens (tertiary/aromatic N) is 3. The summed E-state index contributed by atoms with van der Waals surface area (Å²) in [5, 5.41) is 9.05. The third-order valence-electron chi connectivity index (χ3n) is 1.98. The summed E-state index contributed by atoms with van der Waals surface area (Å²) in [7, 11) is 0. The lowest BCUT2D eigenvalue weighted by Gasteiger charge is -2.07. The standard InChI is InChI=1S/C10H8ClN3/c1-4-7-8(5-12)10(11)14-6(2)9(7)13-3/h4H2,1-2H3. The van der Waals surface area contributed by atoms with Crippen LogP contribution >= 0.6 is 11.6 Å². The van der Waals surface area contributed by atoms with Crippen LogP contribution < -0.4 is 0 Å². The molecule has 0 aliphatic rings. The van der Waals surface area contributed by atoms with Crippen LogP contribution in [-0.4, -0.2) is 4.98 Å². The quantitative estimate of drug-likeness (QED) is 0.522. The monoisotopic (exact) mass is 205 g/mol. The van der Waals surface area contributed by atoms with Gasteiger partial charge in [0.05, 0.1) is 12.1 Å². The maximum absolute atomic E-state index is 8.86. The Morgan fingerprint density at radius 1 is 1.64 bits per heavy atom. The first-order chi connectivity index (χ1) is 6.65. The Bertz CT molecular complexity index is 414. The second-order valence-corrected chi connectivity index (χ2v) is 3.13. The Hall–Kier alpha value is -1.58. The zero-order valence-corrected chi connectivity index (χ0v) is 8.68. The Morgan fingerprint density at radius 3 is 2.71 bits per heavy atom. The number of hydrogen-bond acceptors (Lipinski definition) is 2. The minimum absolute atomic E-state index is 0.189. The fraction of sp³-hybridized carbons (Fsp3) is 0.300. The van der Waals surface area contributed by atoms with Gasteiger partial charge in [-0.05, 0) is 18.9 Å². The van der Waals surface area contributed by atoms with Crippen molar-refractivity contribution in [2.45, 2.75) is 20.3 Å². The molecule has 0 unspecified atom stereocenters. The van der Waals surface area contributed by atoms with Crippen molar-refractivity contribution in [1.82, 2.24) is 4.98 Å². The van der Waals surface area contributed by atoms with Crippen LogP contribution in [0.3, 0.4) is 0 Å². The van der Waals surface area contributed by atoms with Gasteiger partial charge < -0.3 is 0 Å². The fourth-order valence-electron chi connectivity index (χ4n) is 1.32. The lowest BCUT2D eigenvalue weighted by molar-refractivity contribution is 1.09. The van der Waals surface area contributed by atoms with Crippen molar-refractivity contribution in [3.05, 3.63) is 33.4 Å². The summed E-state index contributed by atoms with van der Waals surface area (Å²) in [6.45, 7) is 10.6. The van der Waals surface area contributed by atoms with E-state index in [1.54, 1.807) is 6.92 Å². The lowest BCUT2D eigenvalue weighted by atomic mass is 10.1. The van der Waals surface area contributed by atoms with Gasteiger partial charge in [0, 0.05) is 5.69 Å². The van der Waals surface area contributed by atoms with Crippen LogP contribution in [0.5, 0.6) is 0 Å². The molecular weight excluding hydrogens is 198 g/mol. The van der Waals surface area contributed by atoms with E-state index in [0.717, 1.165) is 0 Å². The van der Waals surface area contributed by atoms with E-state index in [1.165, 1.54) is 0 Å². The van der Waals surface area contributed by atoms with Gasteiger partial charge in [-0.3, -0.25) is 4.98 Å². The van der Waals surface area contributed by atoms with E-state index in [-0.39, 0.29) is 5.15 Å². The first-order valence-corrected chi connectivity index (χ1v) is 4.50. The van der Waals surface area contributed by atoms with Gasteiger partial charge in [-0.2, -0.15) is 5.26 Å². The molecule has 0 bridgehead atoms. The highest BCUT2D eigenvalue weighted by Crippen LogP contribution is 2.30. The number of pyridine rings is 1. The van der Waals surface area contributed by atoms with E-state index in [9.17, 15) is 0 Å². The van der Waals surface area contributed by atoms with Gasteiger partial charge in [0.1, 0.15) is 11.2 Å². The molecule has 0 saturated heterocycles. The molecule has 3 nitrogen and oxygen atoms in total. The average molecular weight is 206 g/mol. The maximum Gasteiger partial charge on any atom is 0.212 e. The summed E-state index contributed by atoms with van der Waals surface area (Å²) in [4.78, 5) is 7.32. The molecular formula is C10H8ClN3. The molecule has 70 valence electrons. The Kier molecular flexibility index (Phi) is 3.06. The summed E-state index contributed by atoms with van der Waals surface area (Å²) < 4.78 is 0. The van der Waals surface area contributed by atoms with Gasteiger partial charge >= 0.3 is 0 Å². The van der Waals surface area contributed by atoms with Crippen LogP contribution in [0.15, 0.2) is 0 Å². The second kappa shape index (κ2) is 4.09. The highest BCUT2D eigenvalue weighted by molar-refractivity contribution is 6.30. The van der Waals surface area contributed by atoms with Crippen molar-refractivity contribution in [1.29, 1.82) is 5.26 Å².